The highest BCUT2D eigenvalue weighted by atomic mass is 16.2. The van der Waals surface area contributed by atoms with Gasteiger partial charge in [-0.1, -0.05) is 39.0 Å². The van der Waals surface area contributed by atoms with Crippen LogP contribution in [-0.2, 0) is 9.59 Å². The van der Waals surface area contributed by atoms with Gasteiger partial charge in [-0.25, -0.2) is 4.79 Å². The van der Waals surface area contributed by atoms with E-state index in [0.29, 0.717) is 24.7 Å². The molecule has 1 heterocycles. The summed E-state index contributed by atoms with van der Waals surface area (Å²) in [6.07, 6.45) is 4.07. The van der Waals surface area contributed by atoms with E-state index in [1.807, 2.05) is 24.3 Å². The van der Waals surface area contributed by atoms with Crippen molar-refractivity contribution >= 4 is 23.5 Å². The first-order valence-corrected chi connectivity index (χ1v) is 9.89. The highest BCUT2D eigenvalue weighted by Gasteiger charge is 2.52. The van der Waals surface area contributed by atoms with Crippen LogP contribution in [0.4, 0.5) is 10.5 Å². The van der Waals surface area contributed by atoms with Crippen molar-refractivity contribution in [2.75, 3.05) is 11.9 Å². The number of benzene rings is 1. The van der Waals surface area contributed by atoms with Crippen molar-refractivity contribution in [3.8, 4) is 0 Å². The van der Waals surface area contributed by atoms with Gasteiger partial charge in [-0.3, -0.25) is 14.5 Å². The summed E-state index contributed by atoms with van der Waals surface area (Å²) in [4.78, 5) is 38.9. The Balaban J connectivity index is 1.68. The number of carbonyl (C=O) groups excluding carboxylic acids is 3. The van der Waals surface area contributed by atoms with Crippen molar-refractivity contribution in [3.05, 3.63) is 29.8 Å². The van der Waals surface area contributed by atoms with Crippen LogP contribution in [0, 0.1) is 5.92 Å². The summed E-state index contributed by atoms with van der Waals surface area (Å²) in [5.41, 5.74) is 0.992. The molecule has 1 aliphatic carbocycles. The fraction of sp³-hybridized carbons (Fsp3) is 0.571. The Bertz CT molecular complexity index is 738. The zero-order valence-electron chi connectivity index (χ0n) is 16.4. The van der Waals surface area contributed by atoms with Gasteiger partial charge in [0.1, 0.15) is 12.1 Å². The third kappa shape index (κ3) is 3.84. The topological polar surface area (TPSA) is 78.5 Å². The highest BCUT2D eigenvalue weighted by Crippen LogP contribution is 2.36. The second-order valence-electron chi connectivity index (χ2n) is 8.03. The zero-order chi connectivity index (χ0) is 19.6. The lowest BCUT2D eigenvalue weighted by Gasteiger charge is -2.33. The maximum absolute atomic E-state index is 12.9. The van der Waals surface area contributed by atoms with Crippen LogP contribution in [-0.4, -0.2) is 34.8 Å². The Labute approximate surface area is 160 Å². The zero-order valence-corrected chi connectivity index (χ0v) is 16.4. The normalized spacial score (nSPS) is 26.2. The summed E-state index contributed by atoms with van der Waals surface area (Å²) in [6, 6.07) is 7.21. The van der Waals surface area contributed by atoms with Crippen molar-refractivity contribution in [1.82, 2.24) is 10.2 Å². The number of hydrogen-bond acceptors (Lipinski definition) is 3. The second kappa shape index (κ2) is 7.71. The summed E-state index contributed by atoms with van der Waals surface area (Å²) in [5.74, 6) is 0.265. The van der Waals surface area contributed by atoms with Crippen LogP contribution in [0.3, 0.4) is 0 Å². The molecule has 6 heteroatoms. The minimum absolute atomic E-state index is 0.253. The summed E-state index contributed by atoms with van der Waals surface area (Å²) >= 11 is 0. The molecule has 1 unspecified atom stereocenters. The Kier molecular flexibility index (Phi) is 5.53. The molecular formula is C21H29N3O3. The van der Waals surface area contributed by atoms with Gasteiger partial charge >= 0.3 is 6.03 Å². The lowest BCUT2D eigenvalue weighted by molar-refractivity contribution is -0.135. The predicted molar refractivity (Wildman–Crippen MR) is 104 cm³/mol. The van der Waals surface area contributed by atoms with Gasteiger partial charge in [0.05, 0.1) is 0 Å². The maximum Gasteiger partial charge on any atom is 0.325 e. The van der Waals surface area contributed by atoms with E-state index in [0.717, 1.165) is 35.4 Å². The molecule has 4 amide bonds. The number of carbonyl (C=O) groups is 3. The maximum atomic E-state index is 12.9. The van der Waals surface area contributed by atoms with Gasteiger partial charge in [0, 0.05) is 5.69 Å². The van der Waals surface area contributed by atoms with Crippen LogP contribution >= 0.6 is 0 Å². The molecule has 1 aromatic rings. The summed E-state index contributed by atoms with van der Waals surface area (Å²) in [5, 5.41) is 5.73. The van der Waals surface area contributed by atoms with Crippen molar-refractivity contribution < 1.29 is 14.4 Å². The molecule has 6 nitrogen and oxygen atoms in total. The first-order chi connectivity index (χ1) is 12.9. The Morgan fingerprint density at radius 2 is 1.96 bits per heavy atom. The van der Waals surface area contributed by atoms with Crippen LogP contribution < -0.4 is 10.6 Å². The third-order valence-electron chi connectivity index (χ3n) is 6.05. The molecular weight excluding hydrogens is 342 g/mol. The number of imide groups is 1. The lowest BCUT2D eigenvalue weighted by atomic mass is 9.77. The van der Waals surface area contributed by atoms with Gasteiger partial charge in [-0.2, -0.15) is 0 Å². The van der Waals surface area contributed by atoms with Crippen molar-refractivity contribution in [2.24, 2.45) is 5.92 Å². The standard InChI is InChI=1S/C21H29N3O3/c1-4-15(3)16-7-5-6-8-17(16)22-18(25)13-24-19(26)21(23-20(24)27)11-9-14(2)10-12-21/h5-8,14-15H,4,9-13H2,1-3H3,(H,22,25)(H,23,27). The number of hydrogen-bond donors (Lipinski definition) is 2. The minimum Gasteiger partial charge on any atom is -0.324 e. The molecule has 0 bridgehead atoms. The third-order valence-corrected chi connectivity index (χ3v) is 6.05. The van der Waals surface area contributed by atoms with Gasteiger partial charge in [0.2, 0.25) is 5.91 Å². The van der Waals surface area contributed by atoms with E-state index < -0.39 is 11.6 Å². The fourth-order valence-corrected chi connectivity index (χ4v) is 4.01. The molecule has 2 fully saturated rings. The molecule has 0 radical (unpaired) electrons. The van der Waals surface area contributed by atoms with Crippen LogP contribution in [0.1, 0.15) is 64.4 Å². The number of para-hydroxylation sites is 1. The molecule has 1 saturated heterocycles. The molecule has 2 N–H and O–H groups in total. The van der Waals surface area contributed by atoms with Crippen molar-refractivity contribution in [2.45, 2.75) is 64.3 Å². The molecule has 3 rings (SSSR count). The average Bonchev–Trinajstić information content (AvgIpc) is 2.88. The predicted octanol–water partition coefficient (Wildman–Crippen LogP) is 3.64. The van der Waals surface area contributed by atoms with Gasteiger partial charge in [-0.15, -0.1) is 0 Å². The van der Waals surface area contributed by atoms with Crippen LogP contribution in [0.5, 0.6) is 0 Å². The molecule has 1 spiro atoms. The molecule has 2 aliphatic rings. The van der Waals surface area contributed by atoms with E-state index in [9.17, 15) is 14.4 Å². The molecule has 1 saturated carbocycles. The summed E-state index contributed by atoms with van der Waals surface area (Å²) < 4.78 is 0. The Morgan fingerprint density at radius 1 is 1.30 bits per heavy atom. The van der Waals surface area contributed by atoms with E-state index >= 15 is 0 Å². The molecule has 1 aromatic carbocycles. The van der Waals surface area contributed by atoms with Gasteiger partial charge in [0.15, 0.2) is 0 Å². The van der Waals surface area contributed by atoms with Crippen molar-refractivity contribution in [1.29, 1.82) is 0 Å². The van der Waals surface area contributed by atoms with Gasteiger partial charge in [-0.05, 0) is 55.6 Å². The molecule has 27 heavy (non-hydrogen) atoms. The van der Waals surface area contributed by atoms with E-state index in [2.05, 4.69) is 31.4 Å². The number of amides is 4. The second-order valence-corrected chi connectivity index (χ2v) is 8.03. The summed E-state index contributed by atoms with van der Waals surface area (Å²) in [7, 11) is 0. The minimum atomic E-state index is -0.807. The number of anilines is 1. The van der Waals surface area contributed by atoms with E-state index in [4.69, 9.17) is 0 Å². The van der Waals surface area contributed by atoms with Crippen LogP contribution in [0.25, 0.3) is 0 Å². The smallest absolute Gasteiger partial charge is 0.324 e. The Morgan fingerprint density at radius 3 is 2.63 bits per heavy atom. The average molecular weight is 371 g/mol. The van der Waals surface area contributed by atoms with E-state index in [1.165, 1.54) is 0 Å². The molecule has 1 atom stereocenters. The lowest BCUT2D eigenvalue weighted by Crippen LogP contribution is -2.49. The summed E-state index contributed by atoms with van der Waals surface area (Å²) in [6.45, 7) is 6.11. The number of urea groups is 1. The van der Waals surface area contributed by atoms with E-state index in [1.54, 1.807) is 0 Å². The van der Waals surface area contributed by atoms with E-state index in [-0.39, 0.29) is 18.4 Å². The van der Waals surface area contributed by atoms with Crippen LogP contribution in [0.2, 0.25) is 0 Å². The SMILES string of the molecule is CCC(C)c1ccccc1NC(=O)CN1C(=O)NC2(CCC(C)CC2)C1=O. The number of nitrogens with zero attached hydrogens (tertiary/aromatic N) is 1. The van der Waals surface area contributed by atoms with Gasteiger partial charge in [0.25, 0.3) is 5.91 Å². The Hall–Kier alpha value is -2.37. The first kappa shape index (κ1) is 19.4. The monoisotopic (exact) mass is 371 g/mol. The highest BCUT2D eigenvalue weighted by molar-refractivity contribution is 6.10. The molecule has 146 valence electrons. The fourth-order valence-electron chi connectivity index (χ4n) is 4.01. The van der Waals surface area contributed by atoms with Crippen molar-refractivity contribution in [3.63, 3.8) is 0 Å². The molecule has 0 aromatic heterocycles. The number of nitrogens with one attached hydrogen (secondary N) is 2. The van der Waals surface area contributed by atoms with Crippen LogP contribution in [0.15, 0.2) is 24.3 Å². The van der Waals surface area contributed by atoms with Gasteiger partial charge < -0.3 is 10.6 Å². The first-order valence-electron chi connectivity index (χ1n) is 9.89. The largest absolute Gasteiger partial charge is 0.325 e. The molecule has 1 aliphatic heterocycles. The quantitative estimate of drug-likeness (QED) is 0.776. The number of rotatable bonds is 5.